The van der Waals surface area contributed by atoms with Crippen molar-refractivity contribution < 1.29 is 14.3 Å². The summed E-state index contributed by atoms with van der Waals surface area (Å²) in [6.07, 6.45) is 3.14. The van der Waals surface area contributed by atoms with E-state index >= 15 is 0 Å². The molecule has 2 bridgehead atoms. The van der Waals surface area contributed by atoms with E-state index in [1.807, 2.05) is 24.3 Å². The van der Waals surface area contributed by atoms with Crippen molar-refractivity contribution in [2.24, 2.45) is 5.92 Å². The van der Waals surface area contributed by atoms with Gasteiger partial charge in [0, 0.05) is 0 Å². The number of fused-ring (bicyclic) bond motifs is 2. The van der Waals surface area contributed by atoms with E-state index in [2.05, 4.69) is 60.7 Å². The quantitative estimate of drug-likeness (QED) is 0.331. The molecule has 0 N–H and O–H groups in total. The molecule has 0 spiro atoms. The fourth-order valence-electron chi connectivity index (χ4n) is 4.24. The van der Waals surface area contributed by atoms with Gasteiger partial charge < -0.3 is 9.47 Å². The van der Waals surface area contributed by atoms with Crippen molar-refractivity contribution in [3.8, 4) is 5.75 Å². The Hall–Kier alpha value is -2.56. The number of benzene rings is 3. The molecule has 0 radical (unpaired) electrons. The van der Waals surface area contributed by atoms with Crippen LogP contribution in [0.4, 0.5) is 0 Å². The van der Waals surface area contributed by atoms with Gasteiger partial charge in [0.15, 0.2) is 14.7 Å². The largest absolute Gasteiger partial charge is 0.426 e. The predicted molar refractivity (Wildman–Crippen MR) is 113 cm³/mol. The molecule has 0 aromatic heterocycles. The summed E-state index contributed by atoms with van der Waals surface area (Å²) in [4.78, 5) is 16.3. The van der Waals surface area contributed by atoms with E-state index in [0.717, 1.165) is 19.3 Å². The summed E-state index contributed by atoms with van der Waals surface area (Å²) in [7, 11) is -0.199. The van der Waals surface area contributed by atoms with Gasteiger partial charge in [0.25, 0.3) is 0 Å². The van der Waals surface area contributed by atoms with Crippen LogP contribution in [-0.4, -0.2) is 18.2 Å². The topological polar surface area (TPSA) is 35.5 Å². The molecule has 2 aliphatic heterocycles. The van der Waals surface area contributed by atoms with Crippen LogP contribution in [0.1, 0.15) is 19.3 Å². The molecule has 0 saturated carbocycles. The van der Waals surface area contributed by atoms with Crippen molar-refractivity contribution in [1.82, 2.24) is 0 Å². The van der Waals surface area contributed by atoms with Crippen molar-refractivity contribution in [3.63, 3.8) is 0 Å². The molecular formula is C25H23O3S+. The lowest BCUT2D eigenvalue weighted by molar-refractivity contribution is -0.140. The van der Waals surface area contributed by atoms with Crippen molar-refractivity contribution in [2.75, 3.05) is 0 Å². The molecule has 3 unspecified atom stereocenters. The van der Waals surface area contributed by atoms with Gasteiger partial charge in [-0.05, 0) is 67.8 Å². The molecule has 3 aromatic carbocycles. The van der Waals surface area contributed by atoms with Crippen LogP contribution in [0.5, 0.6) is 5.75 Å². The first-order valence-electron chi connectivity index (χ1n) is 10.1. The first kappa shape index (κ1) is 18.5. The number of hydrogen-bond acceptors (Lipinski definition) is 3. The van der Waals surface area contributed by atoms with Crippen LogP contribution in [0.3, 0.4) is 0 Å². The third-order valence-electron chi connectivity index (χ3n) is 5.64. The van der Waals surface area contributed by atoms with E-state index in [1.165, 1.54) is 14.7 Å². The Morgan fingerprint density at radius 2 is 1.38 bits per heavy atom. The highest BCUT2D eigenvalue weighted by Crippen LogP contribution is 2.39. The third-order valence-corrected chi connectivity index (χ3v) is 7.88. The molecule has 5 rings (SSSR count). The lowest BCUT2D eigenvalue weighted by Crippen LogP contribution is -2.29. The van der Waals surface area contributed by atoms with Gasteiger partial charge in [-0.1, -0.05) is 36.4 Å². The molecule has 2 fully saturated rings. The van der Waals surface area contributed by atoms with Crippen LogP contribution >= 0.6 is 0 Å². The zero-order valence-corrected chi connectivity index (χ0v) is 16.9. The summed E-state index contributed by atoms with van der Waals surface area (Å²) >= 11 is 0. The molecule has 2 saturated heterocycles. The van der Waals surface area contributed by atoms with E-state index < -0.39 is 0 Å². The molecule has 0 amide bonds. The van der Waals surface area contributed by atoms with E-state index in [1.54, 1.807) is 0 Å². The second kappa shape index (κ2) is 8.05. The fourth-order valence-corrected chi connectivity index (χ4v) is 6.33. The SMILES string of the molecule is O=C(Oc1ccc([S+](c2ccccc2)c2ccccc2)cc1)C1CC2CCC1O2. The van der Waals surface area contributed by atoms with Gasteiger partial charge in [-0.25, -0.2) is 0 Å². The summed E-state index contributed by atoms with van der Waals surface area (Å²) in [6.45, 7) is 0. The summed E-state index contributed by atoms with van der Waals surface area (Å²) in [5.74, 6) is 0.331. The Morgan fingerprint density at radius 3 is 1.90 bits per heavy atom. The Balaban J connectivity index is 1.37. The van der Waals surface area contributed by atoms with Gasteiger partial charge in [-0.15, -0.1) is 0 Å². The number of carbonyl (C=O) groups excluding carboxylic acids is 1. The number of rotatable bonds is 5. The number of hydrogen-bond donors (Lipinski definition) is 0. The molecule has 29 heavy (non-hydrogen) atoms. The van der Waals surface area contributed by atoms with Gasteiger partial charge in [-0.3, -0.25) is 4.79 Å². The molecular weight excluding hydrogens is 380 g/mol. The van der Waals surface area contributed by atoms with E-state index in [9.17, 15) is 4.79 Å². The summed E-state index contributed by atoms with van der Waals surface area (Å²) in [6, 6.07) is 29.0. The van der Waals surface area contributed by atoms with Crippen LogP contribution < -0.4 is 4.74 Å². The highest BCUT2D eigenvalue weighted by Gasteiger charge is 2.45. The maximum absolute atomic E-state index is 12.6. The van der Waals surface area contributed by atoms with Gasteiger partial charge >= 0.3 is 5.97 Å². The smallest absolute Gasteiger partial charge is 0.317 e. The molecule has 4 heteroatoms. The predicted octanol–water partition coefficient (Wildman–Crippen LogP) is 5.25. The molecule has 0 aliphatic carbocycles. The molecule has 3 aromatic rings. The highest BCUT2D eigenvalue weighted by atomic mass is 32.2. The number of esters is 1. The average Bonchev–Trinajstić information content (AvgIpc) is 3.41. The molecule has 3 nitrogen and oxygen atoms in total. The van der Waals surface area contributed by atoms with Crippen LogP contribution in [0, 0.1) is 5.92 Å². The van der Waals surface area contributed by atoms with Crippen molar-refractivity contribution in [1.29, 1.82) is 0 Å². The fraction of sp³-hybridized carbons (Fsp3) is 0.240. The summed E-state index contributed by atoms with van der Waals surface area (Å²) in [5, 5.41) is 0. The molecule has 146 valence electrons. The lowest BCUT2D eigenvalue weighted by atomic mass is 9.89. The van der Waals surface area contributed by atoms with E-state index in [4.69, 9.17) is 9.47 Å². The first-order valence-corrected chi connectivity index (χ1v) is 11.3. The maximum Gasteiger partial charge on any atom is 0.317 e. The minimum Gasteiger partial charge on any atom is -0.426 e. The van der Waals surface area contributed by atoms with Crippen LogP contribution in [0.25, 0.3) is 0 Å². The van der Waals surface area contributed by atoms with E-state index in [-0.39, 0.29) is 35.0 Å². The van der Waals surface area contributed by atoms with Gasteiger partial charge in [0.05, 0.1) is 29.0 Å². The number of ether oxygens (including phenoxy) is 2. The molecule has 3 atom stereocenters. The van der Waals surface area contributed by atoms with Crippen molar-refractivity contribution >= 4 is 16.9 Å². The van der Waals surface area contributed by atoms with Gasteiger partial charge in [0.1, 0.15) is 5.75 Å². The van der Waals surface area contributed by atoms with Gasteiger partial charge in [-0.2, -0.15) is 0 Å². The Morgan fingerprint density at radius 1 is 0.793 bits per heavy atom. The highest BCUT2D eigenvalue weighted by molar-refractivity contribution is 7.97. The average molecular weight is 404 g/mol. The van der Waals surface area contributed by atoms with Crippen LogP contribution in [-0.2, 0) is 20.4 Å². The molecule has 2 heterocycles. The van der Waals surface area contributed by atoms with Crippen LogP contribution in [0.15, 0.2) is 99.6 Å². The minimum atomic E-state index is -0.199. The standard InChI is InChI=1S/C25H23O3S/c26-25(23-17-19-13-16-24(23)27-19)28-18-11-14-22(15-12-18)29(20-7-3-1-4-8-20)21-9-5-2-6-10-21/h1-12,14-15,19,23-24H,13,16-17H2/q+1. The van der Waals surface area contributed by atoms with Crippen molar-refractivity contribution in [2.45, 2.75) is 46.2 Å². The zero-order valence-electron chi connectivity index (χ0n) is 16.1. The minimum absolute atomic E-state index is 0.0498. The van der Waals surface area contributed by atoms with Gasteiger partial charge in [0.2, 0.25) is 0 Å². The first-order chi connectivity index (χ1) is 14.3. The second-order valence-electron chi connectivity index (χ2n) is 7.54. The van der Waals surface area contributed by atoms with Crippen LogP contribution in [0.2, 0.25) is 0 Å². The lowest BCUT2D eigenvalue weighted by Gasteiger charge is -2.17. The normalized spacial score (nSPS) is 22.7. The van der Waals surface area contributed by atoms with E-state index in [0.29, 0.717) is 5.75 Å². The Bertz CT molecular complexity index is 932. The zero-order chi connectivity index (χ0) is 19.6. The Kier molecular flexibility index (Phi) is 5.13. The Labute approximate surface area is 174 Å². The number of carbonyl (C=O) groups is 1. The second-order valence-corrected chi connectivity index (χ2v) is 9.57. The van der Waals surface area contributed by atoms with Crippen molar-refractivity contribution in [3.05, 3.63) is 84.9 Å². The summed E-state index contributed by atoms with van der Waals surface area (Å²) in [5.41, 5.74) is 0. The summed E-state index contributed by atoms with van der Waals surface area (Å²) < 4.78 is 11.5. The third kappa shape index (κ3) is 3.83. The maximum atomic E-state index is 12.6. The molecule has 2 aliphatic rings. The monoisotopic (exact) mass is 403 g/mol.